The van der Waals surface area contributed by atoms with E-state index in [4.69, 9.17) is 11.0 Å². The second-order valence-corrected chi connectivity index (χ2v) is 5.93. The number of likely N-dealkylation sites (tertiary alicyclic amines) is 1. The summed E-state index contributed by atoms with van der Waals surface area (Å²) in [7, 11) is 0. The molecule has 0 bridgehead atoms. The summed E-state index contributed by atoms with van der Waals surface area (Å²) in [5.74, 6) is 0. The molecule has 1 heterocycles. The van der Waals surface area contributed by atoms with Crippen LogP contribution in [0.3, 0.4) is 0 Å². The minimum absolute atomic E-state index is 0.277. The molecule has 1 saturated carbocycles. The van der Waals surface area contributed by atoms with Gasteiger partial charge < -0.3 is 10.6 Å². The first kappa shape index (κ1) is 12.9. The first-order valence-corrected chi connectivity index (χ1v) is 7.12. The maximum atomic E-state index is 8.67. The molecule has 2 aliphatic rings. The van der Waals surface area contributed by atoms with Gasteiger partial charge in [0.25, 0.3) is 0 Å². The van der Waals surface area contributed by atoms with Gasteiger partial charge in [-0.2, -0.15) is 5.26 Å². The molecule has 0 amide bonds. The molecule has 1 aliphatic heterocycles. The van der Waals surface area contributed by atoms with Crippen molar-refractivity contribution < 1.29 is 0 Å². The average Bonchev–Trinajstić information content (AvgIpc) is 2.39. The van der Waals surface area contributed by atoms with Crippen LogP contribution in [0.5, 0.6) is 0 Å². The number of hydrogen-bond donors (Lipinski definition) is 1. The molecular weight excluding hydrogens is 210 g/mol. The van der Waals surface area contributed by atoms with Gasteiger partial charge in [-0.1, -0.05) is 19.3 Å². The molecule has 0 radical (unpaired) electrons. The fourth-order valence-corrected chi connectivity index (χ4v) is 3.44. The zero-order valence-electron chi connectivity index (χ0n) is 10.8. The number of nitrogens with two attached hydrogens (primary N) is 1. The Balaban J connectivity index is 1.72. The number of piperidine rings is 1. The lowest BCUT2D eigenvalue weighted by atomic mass is 9.68. The smallest absolute Gasteiger partial charge is 0.0940 e. The number of nitriles is 1. The molecule has 3 nitrogen and oxygen atoms in total. The summed E-state index contributed by atoms with van der Waals surface area (Å²) < 4.78 is 0. The van der Waals surface area contributed by atoms with E-state index in [2.05, 4.69) is 11.0 Å². The highest BCUT2D eigenvalue weighted by atomic mass is 15.1. The Morgan fingerprint density at radius 3 is 2.35 bits per heavy atom. The highest BCUT2D eigenvalue weighted by Gasteiger charge is 2.35. The van der Waals surface area contributed by atoms with Crippen LogP contribution in [-0.4, -0.2) is 30.6 Å². The van der Waals surface area contributed by atoms with Crippen molar-refractivity contribution in [2.45, 2.75) is 57.4 Å². The SMILES string of the molecule is N#CC(N)CCN1CCC2(CCCCC2)CC1. The molecule has 3 heteroatoms. The minimum atomic E-state index is -0.277. The van der Waals surface area contributed by atoms with Gasteiger partial charge in [0.1, 0.15) is 0 Å². The van der Waals surface area contributed by atoms with E-state index >= 15 is 0 Å². The molecule has 17 heavy (non-hydrogen) atoms. The fourth-order valence-electron chi connectivity index (χ4n) is 3.44. The maximum Gasteiger partial charge on any atom is 0.0940 e. The Morgan fingerprint density at radius 2 is 1.76 bits per heavy atom. The lowest BCUT2D eigenvalue weighted by Gasteiger charge is -2.44. The predicted molar refractivity (Wildman–Crippen MR) is 69.4 cm³/mol. The van der Waals surface area contributed by atoms with E-state index in [1.165, 1.54) is 58.0 Å². The van der Waals surface area contributed by atoms with Crippen molar-refractivity contribution in [1.29, 1.82) is 5.26 Å². The van der Waals surface area contributed by atoms with Gasteiger partial charge in [0, 0.05) is 6.54 Å². The lowest BCUT2D eigenvalue weighted by Crippen LogP contribution is -2.42. The van der Waals surface area contributed by atoms with E-state index in [-0.39, 0.29) is 6.04 Å². The van der Waals surface area contributed by atoms with Crippen molar-refractivity contribution in [2.24, 2.45) is 11.1 Å². The quantitative estimate of drug-likeness (QED) is 0.816. The van der Waals surface area contributed by atoms with Crippen molar-refractivity contribution >= 4 is 0 Å². The molecule has 0 aromatic heterocycles. The second kappa shape index (κ2) is 5.84. The molecule has 96 valence electrons. The van der Waals surface area contributed by atoms with Gasteiger partial charge >= 0.3 is 0 Å². The van der Waals surface area contributed by atoms with E-state index in [9.17, 15) is 0 Å². The van der Waals surface area contributed by atoms with Gasteiger partial charge in [0.2, 0.25) is 0 Å². The zero-order valence-corrected chi connectivity index (χ0v) is 10.8. The van der Waals surface area contributed by atoms with Crippen LogP contribution in [-0.2, 0) is 0 Å². The van der Waals surface area contributed by atoms with Crippen molar-refractivity contribution in [3.63, 3.8) is 0 Å². The van der Waals surface area contributed by atoms with Crippen LogP contribution in [0.1, 0.15) is 51.4 Å². The Hall–Kier alpha value is -0.590. The van der Waals surface area contributed by atoms with Crippen molar-refractivity contribution in [1.82, 2.24) is 4.90 Å². The molecule has 1 atom stereocenters. The molecule has 0 aromatic carbocycles. The van der Waals surface area contributed by atoms with E-state index in [0.717, 1.165) is 13.0 Å². The third-order valence-corrected chi connectivity index (χ3v) is 4.75. The monoisotopic (exact) mass is 235 g/mol. The Morgan fingerprint density at radius 1 is 1.12 bits per heavy atom. The Bertz CT molecular complexity index is 266. The minimum Gasteiger partial charge on any atom is -0.316 e. The van der Waals surface area contributed by atoms with Gasteiger partial charge in [0.15, 0.2) is 0 Å². The average molecular weight is 235 g/mol. The number of rotatable bonds is 3. The molecule has 1 spiro atoms. The molecule has 2 N–H and O–H groups in total. The van der Waals surface area contributed by atoms with Crippen LogP contribution in [0.2, 0.25) is 0 Å². The molecule has 2 fully saturated rings. The number of nitrogens with zero attached hydrogens (tertiary/aromatic N) is 2. The van der Waals surface area contributed by atoms with Gasteiger partial charge in [-0.15, -0.1) is 0 Å². The van der Waals surface area contributed by atoms with E-state index in [1.54, 1.807) is 0 Å². The van der Waals surface area contributed by atoms with Crippen LogP contribution < -0.4 is 5.73 Å². The summed E-state index contributed by atoms with van der Waals surface area (Å²) in [6, 6.07) is 1.84. The predicted octanol–water partition coefficient (Wildman–Crippen LogP) is 2.27. The van der Waals surface area contributed by atoms with Gasteiger partial charge in [-0.05, 0) is 50.6 Å². The van der Waals surface area contributed by atoms with Crippen LogP contribution in [0.4, 0.5) is 0 Å². The molecule has 0 aromatic rings. The normalized spacial score (nSPS) is 26.6. The third-order valence-electron chi connectivity index (χ3n) is 4.75. The van der Waals surface area contributed by atoms with Crippen molar-refractivity contribution in [3.05, 3.63) is 0 Å². The lowest BCUT2D eigenvalue weighted by molar-refractivity contribution is 0.0670. The first-order chi connectivity index (χ1) is 8.24. The topological polar surface area (TPSA) is 53.1 Å². The molecule has 1 aliphatic carbocycles. The molecule has 1 unspecified atom stereocenters. The summed E-state index contributed by atoms with van der Waals surface area (Å²) in [6.45, 7) is 3.45. The van der Waals surface area contributed by atoms with Gasteiger partial charge in [-0.3, -0.25) is 0 Å². The van der Waals surface area contributed by atoms with Crippen LogP contribution in [0.15, 0.2) is 0 Å². The van der Waals surface area contributed by atoms with Crippen molar-refractivity contribution in [2.75, 3.05) is 19.6 Å². The standard InChI is InChI=1S/C14H25N3/c15-12-13(16)4-9-17-10-7-14(8-11-17)5-2-1-3-6-14/h13H,1-11,16H2. The Kier molecular flexibility index (Phi) is 4.42. The maximum absolute atomic E-state index is 8.67. The summed E-state index contributed by atoms with van der Waals surface area (Å²) >= 11 is 0. The van der Waals surface area contributed by atoms with E-state index in [0.29, 0.717) is 5.41 Å². The number of hydrogen-bond acceptors (Lipinski definition) is 3. The zero-order chi connectivity index (χ0) is 12.1. The van der Waals surface area contributed by atoms with Gasteiger partial charge in [0.05, 0.1) is 12.1 Å². The highest BCUT2D eigenvalue weighted by molar-refractivity contribution is 4.90. The summed E-state index contributed by atoms with van der Waals surface area (Å²) in [5, 5.41) is 8.67. The van der Waals surface area contributed by atoms with E-state index < -0.39 is 0 Å². The van der Waals surface area contributed by atoms with Crippen LogP contribution >= 0.6 is 0 Å². The summed E-state index contributed by atoms with van der Waals surface area (Å²) in [6.07, 6.45) is 10.8. The van der Waals surface area contributed by atoms with Gasteiger partial charge in [-0.25, -0.2) is 0 Å². The first-order valence-electron chi connectivity index (χ1n) is 7.12. The second-order valence-electron chi connectivity index (χ2n) is 5.93. The largest absolute Gasteiger partial charge is 0.316 e. The molecule has 2 rings (SSSR count). The third kappa shape index (κ3) is 3.43. The summed E-state index contributed by atoms with van der Waals surface area (Å²) in [4.78, 5) is 2.50. The van der Waals surface area contributed by atoms with Crippen molar-refractivity contribution in [3.8, 4) is 6.07 Å². The van der Waals surface area contributed by atoms with E-state index in [1.807, 2.05) is 0 Å². The Labute approximate surface area is 105 Å². The summed E-state index contributed by atoms with van der Waals surface area (Å²) in [5.41, 5.74) is 6.33. The van der Waals surface area contributed by atoms with Crippen LogP contribution in [0.25, 0.3) is 0 Å². The molecule has 1 saturated heterocycles. The highest BCUT2D eigenvalue weighted by Crippen LogP contribution is 2.44. The molecular formula is C14H25N3. The van der Waals surface area contributed by atoms with Crippen LogP contribution in [0, 0.1) is 16.7 Å². The fraction of sp³-hybridized carbons (Fsp3) is 0.929.